The lowest BCUT2D eigenvalue weighted by Gasteiger charge is -2.26. The molecule has 0 unspecified atom stereocenters. The second kappa shape index (κ2) is 6.69. The molecule has 3 heteroatoms. The van der Waals surface area contributed by atoms with Crippen LogP contribution in [0.15, 0.2) is 24.3 Å². The number of rotatable bonds is 5. The first-order chi connectivity index (χ1) is 9.20. The summed E-state index contributed by atoms with van der Waals surface area (Å²) in [5.74, 6) is 0.340. The first-order valence-electron chi connectivity index (χ1n) is 7.24. The molecule has 0 bridgehead atoms. The Labute approximate surface area is 114 Å². The van der Waals surface area contributed by atoms with Gasteiger partial charge in [0.2, 0.25) is 0 Å². The number of carbonyl (C=O) groups is 1. The van der Waals surface area contributed by atoms with Crippen LogP contribution in [0.5, 0.6) is 0 Å². The normalized spacial score (nSPS) is 16.3. The zero-order valence-corrected chi connectivity index (χ0v) is 11.6. The fourth-order valence-corrected chi connectivity index (χ4v) is 2.78. The Morgan fingerprint density at radius 2 is 1.84 bits per heavy atom. The zero-order chi connectivity index (χ0) is 13.7. The van der Waals surface area contributed by atoms with E-state index in [1.165, 1.54) is 31.4 Å². The third-order valence-corrected chi connectivity index (χ3v) is 3.98. The lowest BCUT2D eigenvalue weighted by atomic mass is 9.86. The monoisotopic (exact) mass is 263 g/mol. The molecule has 1 fully saturated rings. The van der Waals surface area contributed by atoms with Crippen molar-refractivity contribution in [1.29, 1.82) is 0 Å². The van der Waals surface area contributed by atoms with Crippen LogP contribution >= 0.6 is 0 Å². The number of carbonyl (C=O) groups excluding carboxylic acids is 1. The van der Waals surface area contributed by atoms with Gasteiger partial charge in [-0.3, -0.25) is 4.79 Å². The molecule has 0 amide bonds. The number of likely N-dealkylation sites (N-methyl/N-ethyl adjacent to an activating group) is 1. The SMILES string of the molecule is CCN(CC(=O)C1CCCCC1)c1ccc(F)cc1. The van der Waals surface area contributed by atoms with Gasteiger partial charge in [-0.25, -0.2) is 4.39 Å². The average Bonchev–Trinajstić information content (AvgIpc) is 2.46. The van der Waals surface area contributed by atoms with Crippen molar-refractivity contribution in [1.82, 2.24) is 0 Å². The Kier molecular flexibility index (Phi) is 4.94. The molecular weight excluding hydrogens is 241 g/mol. The minimum Gasteiger partial charge on any atom is -0.364 e. The summed E-state index contributed by atoms with van der Waals surface area (Å²) < 4.78 is 12.9. The van der Waals surface area contributed by atoms with Crippen LogP contribution in [0.4, 0.5) is 10.1 Å². The van der Waals surface area contributed by atoms with Crippen molar-refractivity contribution in [2.24, 2.45) is 5.92 Å². The smallest absolute Gasteiger partial charge is 0.155 e. The Hall–Kier alpha value is -1.38. The van der Waals surface area contributed by atoms with Crippen LogP contribution in [0, 0.1) is 11.7 Å². The summed E-state index contributed by atoms with van der Waals surface area (Å²) in [5.41, 5.74) is 0.924. The molecule has 0 aliphatic heterocycles. The van der Waals surface area contributed by atoms with Crippen LogP contribution in [0.2, 0.25) is 0 Å². The van der Waals surface area contributed by atoms with Gasteiger partial charge in [0.05, 0.1) is 6.54 Å². The number of hydrogen-bond donors (Lipinski definition) is 0. The van der Waals surface area contributed by atoms with Crippen molar-refractivity contribution in [3.63, 3.8) is 0 Å². The highest BCUT2D eigenvalue weighted by molar-refractivity contribution is 5.85. The standard InChI is InChI=1S/C16H22FNO/c1-2-18(15-10-8-14(17)9-11-15)12-16(19)13-6-4-3-5-7-13/h8-11,13H,2-7,12H2,1H3. The second-order valence-corrected chi connectivity index (χ2v) is 5.29. The van der Waals surface area contributed by atoms with Crippen LogP contribution in [0.1, 0.15) is 39.0 Å². The second-order valence-electron chi connectivity index (χ2n) is 5.29. The number of anilines is 1. The minimum atomic E-state index is -0.238. The van der Waals surface area contributed by atoms with Crippen molar-refractivity contribution in [3.8, 4) is 0 Å². The first kappa shape index (κ1) is 14.0. The number of nitrogens with zero attached hydrogens (tertiary/aromatic N) is 1. The van der Waals surface area contributed by atoms with E-state index in [2.05, 4.69) is 0 Å². The van der Waals surface area contributed by atoms with Crippen LogP contribution in [0.25, 0.3) is 0 Å². The molecule has 0 aromatic heterocycles. The maximum atomic E-state index is 12.9. The molecule has 19 heavy (non-hydrogen) atoms. The highest BCUT2D eigenvalue weighted by Crippen LogP contribution is 2.25. The predicted octanol–water partition coefficient (Wildman–Crippen LogP) is 3.80. The number of halogens is 1. The highest BCUT2D eigenvalue weighted by atomic mass is 19.1. The van der Waals surface area contributed by atoms with E-state index in [1.807, 2.05) is 11.8 Å². The van der Waals surface area contributed by atoms with E-state index in [4.69, 9.17) is 0 Å². The highest BCUT2D eigenvalue weighted by Gasteiger charge is 2.22. The molecule has 0 spiro atoms. The lowest BCUT2D eigenvalue weighted by molar-refractivity contribution is -0.122. The Balaban J connectivity index is 1.98. The fraction of sp³-hybridized carbons (Fsp3) is 0.562. The van der Waals surface area contributed by atoms with Gasteiger partial charge in [0.1, 0.15) is 5.82 Å². The largest absolute Gasteiger partial charge is 0.364 e. The summed E-state index contributed by atoms with van der Waals surface area (Å²) in [5, 5.41) is 0. The molecule has 0 atom stereocenters. The van der Waals surface area contributed by atoms with E-state index in [-0.39, 0.29) is 11.7 Å². The molecule has 0 heterocycles. The van der Waals surface area contributed by atoms with E-state index >= 15 is 0 Å². The van der Waals surface area contributed by atoms with Gasteiger partial charge in [-0.2, -0.15) is 0 Å². The molecule has 0 N–H and O–H groups in total. The molecule has 1 saturated carbocycles. The minimum absolute atomic E-state index is 0.238. The number of Topliss-reactive ketones (excluding diaryl/α,β-unsaturated/α-hetero) is 1. The Morgan fingerprint density at radius 1 is 1.21 bits per heavy atom. The third kappa shape index (κ3) is 3.79. The van der Waals surface area contributed by atoms with Gasteiger partial charge in [0.15, 0.2) is 5.78 Å². The van der Waals surface area contributed by atoms with Gasteiger partial charge >= 0.3 is 0 Å². The van der Waals surface area contributed by atoms with Crippen molar-refractivity contribution in [2.75, 3.05) is 18.0 Å². The van der Waals surface area contributed by atoms with E-state index in [0.717, 1.165) is 25.1 Å². The quantitative estimate of drug-likeness (QED) is 0.805. The predicted molar refractivity (Wildman–Crippen MR) is 75.9 cm³/mol. The summed E-state index contributed by atoms with van der Waals surface area (Å²) >= 11 is 0. The van der Waals surface area contributed by atoms with Gasteiger partial charge in [-0.15, -0.1) is 0 Å². The van der Waals surface area contributed by atoms with E-state index in [0.29, 0.717) is 12.3 Å². The van der Waals surface area contributed by atoms with E-state index in [9.17, 15) is 9.18 Å². The zero-order valence-electron chi connectivity index (χ0n) is 11.6. The molecule has 2 rings (SSSR count). The Bertz CT molecular complexity index is 409. The molecule has 0 radical (unpaired) electrons. The van der Waals surface area contributed by atoms with Crippen LogP contribution in [0.3, 0.4) is 0 Å². The molecule has 104 valence electrons. The fourth-order valence-electron chi connectivity index (χ4n) is 2.78. The summed E-state index contributed by atoms with van der Waals surface area (Å²) in [6.07, 6.45) is 5.71. The maximum absolute atomic E-state index is 12.9. The molecule has 1 aromatic carbocycles. The summed E-state index contributed by atoms with van der Waals surface area (Å²) in [4.78, 5) is 14.3. The number of ketones is 1. The van der Waals surface area contributed by atoms with Crippen molar-refractivity contribution >= 4 is 11.5 Å². The molecule has 1 aromatic rings. The van der Waals surface area contributed by atoms with E-state index < -0.39 is 0 Å². The number of hydrogen-bond acceptors (Lipinski definition) is 2. The van der Waals surface area contributed by atoms with Crippen LogP contribution in [-0.2, 0) is 4.79 Å². The first-order valence-corrected chi connectivity index (χ1v) is 7.24. The summed E-state index contributed by atoms with van der Waals surface area (Å²) in [6, 6.07) is 6.38. The van der Waals surface area contributed by atoms with Gasteiger partial charge in [-0.05, 0) is 44.0 Å². The van der Waals surface area contributed by atoms with Crippen molar-refractivity contribution in [3.05, 3.63) is 30.1 Å². The Morgan fingerprint density at radius 3 is 2.42 bits per heavy atom. The maximum Gasteiger partial charge on any atom is 0.155 e. The average molecular weight is 263 g/mol. The molecule has 0 saturated heterocycles. The molecular formula is C16H22FNO. The molecule has 1 aliphatic carbocycles. The van der Waals surface area contributed by atoms with E-state index in [1.54, 1.807) is 12.1 Å². The summed E-state index contributed by atoms with van der Waals surface area (Å²) in [6.45, 7) is 3.24. The van der Waals surface area contributed by atoms with Crippen molar-refractivity contribution in [2.45, 2.75) is 39.0 Å². The number of benzene rings is 1. The topological polar surface area (TPSA) is 20.3 Å². The van der Waals surface area contributed by atoms with Gasteiger partial charge < -0.3 is 4.90 Å². The third-order valence-electron chi connectivity index (χ3n) is 3.98. The van der Waals surface area contributed by atoms with Crippen molar-refractivity contribution < 1.29 is 9.18 Å². The van der Waals surface area contributed by atoms with Gasteiger partial charge in [-0.1, -0.05) is 19.3 Å². The molecule has 2 nitrogen and oxygen atoms in total. The van der Waals surface area contributed by atoms with Crippen LogP contribution in [-0.4, -0.2) is 18.9 Å². The lowest BCUT2D eigenvalue weighted by Crippen LogP contribution is -2.33. The van der Waals surface area contributed by atoms with Crippen LogP contribution < -0.4 is 4.90 Å². The van der Waals surface area contributed by atoms with Gasteiger partial charge in [0, 0.05) is 18.2 Å². The summed E-state index contributed by atoms with van der Waals surface area (Å²) in [7, 11) is 0. The van der Waals surface area contributed by atoms with Gasteiger partial charge in [0.25, 0.3) is 0 Å². The molecule has 1 aliphatic rings.